The summed E-state index contributed by atoms with van der Waals surface area (Å²) >= 11 is 3.60. The summed E-state index contributed by atoms with van der Waals surface area (Å²) in [7, 11) is 1.68. The molecule has 3 nitrogen and oxygen atoms in total. The van der Waals surface area contributed by atoms with Crippen molar-refractivity contribution < 1.29 is 4.74 Å². The van der Waals surface area contributed by atoms with Crippen molar-refractivity contribution in [1.82, 2.24) is 10.6 Å². The molecule has 130 valence electrons. The molecule has 1 unspecified atom stereocenters. The van der Waals surface area contributed by atoms with E-state index in [1.807, 2.05) is 6.07 Å². The Morgan fingerprint density at radius 2 is 1.96 bits per heavy atom. The Morgan fingerprint density at radius 1 is 1.20 bits per heavy atom. The molecule has 2 aromatic carbocycles. The molecule has 0 aliphatic carbocycles. The zero-order valence-corrected chi connectivity index (χ0v) is 16.4. The third-order valence-corrected chi connectivity index (χ3v) is 5.19. The summed E-state index contributed by atoms with van der Waals surface area (Å²) in [5.41, 5.74) is 6.12. The van der Waals surface area contributed by atoms with Crippen LogP contribution in [0.15, 0.2) is 64.9 Å². The van der Waals surface area contributed by atoms with Crippen LogP contribution in [0.4, 0.5) is 0 Å². The quantitative estimate of drug-likeness (QED) is 0.733. The molecular formula is C21H23BrN2O. The highest BCUT2D eigenvalue weighted by atomic mass is 79.9. The number of ether oxygens (including phenoxy) is 1. The van der Waals surface area contributed by atoms with E-state index in [-0.39, 0.29) is 6.04 Å². The molecule has 1 aliphatic rings. The van der Waals surface area contributed by atoms with Crippen molar-refractivity contribution in [2.45, 2.75) is 26.3 Å². The molecule has 25 heavy (non-hydrogen) atoms. The highest BCUT2D eigenvalue weighted by molar-refractivity contribution is 9.10. The van der Waals surface area contributed by atoms with E-state index in [0.29, 0.717) is 0 Å². The van der Waals surface area contributed by atoms with Gasteiger partial charge >= 0.3 is 0 Å². The summed E-state index contributed by atoms with van der Waals surface area (Å²) in [6, 6.07) is 14.7. The van der Waals surface area contributed by atoms with Crippen LogP contribution >= 0.6 is 15.9 Å². The van der Waals surface area contributed by atoms with Gasteiger partial charge in [0.05, 0.1) is 23.4 Å². The monoisotopic (exact) mass is 398 g/mol. The van der Waals surface area contributed by atoms with E-state index in [4.69, 9.17) is 4.74 Å². The molecule has 1 heterocycles. The van der Waals surface area contributed by atoms with Crippen molar-refractivity contribution in [2.24, 2.45) is 0 Å². The second-order valence-electron chi connectivity index (χ2n) is 6.14. The summed E-state index contributed by atoms with van der Waals surface area (Å²) in [6.07, 6.45) is 0.936. The molecule has 0 bridgehead atoms. The Balaban J connectivity index is 2.13. The minimum Gasteiger partial charge on any atom is -0.496 e. The smallest absolute Gasteiger partial charge is 0.133 e. The highest BCUT2D eigenvalue weighted by Crippen LogP contribution is 2.37. The molecule has 0 radical (unpaired) electrons. The van der Waals surface area contributed by atoms with Gasteiger partial charge in [-0.05, 0) is 58.1 Å². The summed E-state index contributed by atoms with van der Waals surface area (Å²) in [4.78, 5) is 0. The van der Waals surface area contributed by atoms with E-state index in [9.17, 15) is 0 Å². The largest absolute Gasteiger partial charge is 0.496 e. The Labute approximate surface area is 157 Å². The van der Waals surface area contributed by atoms with Gasteiger partial charge in [-0.1, -0.05) is 43.8 Å². The van der Waals surface area contributed by atoms with Crippen molar-refractivity contribution in [3.63, 3.8) is 0 Å². The number of hydrogen-bond donors (Lipinski definition) is 2. The molecule has 0 aromatic heterocycles. The number of hydrogen-bond acceptors (Lipinski definition) is 3. The van der Waals surface area contributed by atoms with Crippen LogP contribution in [0.25, 0.3) is 5.70 Å². The lowest BCUT2D eigenvalue weighted by Gasteiger charge is -2.33. The third-order valence-electron chi connectivity index (χ3n) is 4.57. The lowest BCUT2D eigenvalue weighted by Crippen LogP contribution is -2.36. The predicted octanol–water partition coefficient (Wildman–Crippen LogP) is 5.29. The lowest BCUT2D eigenvalue weighted by molar-refractivity contribution is 0.411. The van der Waals surface area contributed by atoms with Gasteiger partial charge in [0.2, 0.25) is 0 Å². The second-order valence-corrected chi connectivity index (χ2v) is 7.00. The number of benzene rings is 2. The average molecular weight is 399 g/mol. The standard InChI is InChI=1S/C21H23BrN2O/c1-5-16-20(15-10-11-19(25-4)18(22)12-15)23-14(3)24-21(16)17-9-7-6-8-13(17)2/h6-12,20,23-24H,3,5H2,1-2,4H3. The van der Waals surface area contributed by atoms with Crippen molar-refractivity contribution in [3.05, 3.63) is 81.6 Å². The fraction of sp³-hybridized carbons (Fsp3) is 0.238. The average Bonchev–Trinajstić information content (AvgIpc) is 2.61. The van der Waals surface area contributed by atoms with Crippen molar-refractivity contribution in [3.8, 4) is 5.75 Å². The maximum Gasteiger partial charge on any atom is 0.133 e. The van der Waals surface area contributed by atoms with Crippen LogP contribution in [0.2, 0.25) is 0 Å². The molecule has 0 fully saturated rings. The van der Waals surface area contributed by atoms with Gasteiger partial charge in [-0.15, -0.1) is 0 Å². The number of rotatable bonds is 4. The number of halogens is 1. The van der Waals surface area contributed by atoms with Gasteiger partial charge in [-0.3, -0.25) is 0 Å². The van der Waals surface area contributed by atoms with E-state index >= 15 is 0 Å². The zero-order valence-electron chi connectivity index (χ0n) is 14.8. The molecule has 0 saturated carbocycles. The summed E-state index contributed by atoms with van der Waals surface area (Å²) in [6.45, 7) is 8.46. The van der Waals surface area contributed by atoms with E-state index < -0.39 is 0 Å². The Morgan fingerprint density at radius 3 is 2.60 bits per heavy atom. The molecule has 2 N–H and O–H groups in total. The third kappa shape index (κ3) is 3.45. The predicted molar refractivity (Wildman–Crippen MR) is 107 cm³/mol. The van der Waals surface area contributed by atoms with Gasteiger partial charge in [0.25, 0.3) is 0 Å². The van der Waals surface area contributed by atoms with Crippen molar-refractivity contribution in [1.29, 1.82) is 0 Å². The molecular weight excluding hydrogens is 376 g/mol. The van der Waals surface area contributed by atoms with Crippen LogP contribution in [0, 0.1) is 6.92 Å². The fourth-order valence-corrected chi connectivity index (χ4v) is 3.85. The lowest BCUT2D eigenvalue weighted by atomic mass is 9.89. The fourth-order valence-electron chi connectivity index (χ4n) is 3.29. The Bertz CT molecular complexity index is 842. The van der Waals surface area contributed by atoms with Crippen LogP contribution in [-0.2, 0) is 0 Å². The summed E-state index contributed by atoms with van der Waals surface area (Å²) in [5, 5.41) is 6.94. The van der Waals surface area contributed by atoms with Gasteiger partial charge in [0.1, 0.15) is 5.75 Å². The first kappa shape index (κ1) is 17.6. The van der Waals surface area contributed by atoms with Gasteiger partial charge in [-0.25, -0.2) is 0 Å². The second kappa shape index (κ2) is 7.36. The van der Waals surface area contributed by atoms with Gasteiger partial charge in [-0.2, -0.15) is 0 Å². The number of aryl methyl sites for hydroxylation is 1. The van der Waals surface area contributed by atoms with Gasteiger partial charge < -0.3 is 15.4 Å². The molecule has 1 aliphatic heterocycles. The molecule has 4 heteroatoms. The van der Waals surface area contributed by atoms with Crippen LogP contribution in [0.5, 0.6) is 5.75 Å². The van der Waals surface area contributed by atoms with Crippen LogP contribution < -0.4 is 15.4 Å². The number of methoxy groups -OCH3 is 1. The van der Waals surface area contributed by atoms with Crippen molar-refractivity contribution >= 4 is 21.6 Å². The van der Waals surface area contributed by atoms with E-state index in [1.54, 1.807) is 7.11 Å². The molecule has 3 rings (SSSR count). The summed E-state index contributed by atoms with van der Waals surface area (Å²) in [5.74, 6) is 1.64. The number of nitrogens with one attached hydrogen (secondary N) is 2. The van der Waals surface area contributed by atoms with Crippen LogP contribution in [0.3, 0.4) is 0 Å². The maximum atomic E-state index is 5.36. The van der Waals surface area contributed by atoms with E-state index in [2.05, 4.69) is 83.4 Å². The van der Waals surface area contributed by atoms with Crippen molar-refractivity contribution in [2.75, 3.05) is 7.11 Å². The minimum absolute atomic E-state index is 0.0792. The molecule has 0 spiro atoms. The Hall–Kier alpha value is -2.20. The molecule has 0 amide bonds. The highest BCUT2D eigenvalue weighted by Gasteiger charge is 2.26. The molecule has 1 atom stereocenters. The maximum absolute atomic E-state index is 5.36. The first-order chi connectivity index (χ1) is 12.0. The summed E-state index contributed by atoms with van der Waals surface area (Å²) < 4.78 is 6.31. The van der Waals surface area contributed by atoms with Gasteiger partial charge in [0, 0.05) is 11.3 Å². The molecule has 0 saturated heterocycles. The first-order valence-electron chi connectivity index (χ1n) is 8.40. The normalized spacial score (nSPS) is 17.1. The SMILES string of the molecule is C=C1NC(c2ccccc2C)=C(CC)C(c2ccc(OC)c(Br)c2)N1. The minimum atomic E-state index is 0.0792. The topological polar surface area (TPSA) is 33.3 Å². The van der Waals surface area contributed by atoms with E-state index in [0.717, 1.165) is 28.2 Å². The molecule has 2 aromatic rings. The Kier molecular flexibility index (Phi) is 5.19. The van der Waals surface area contributed by atoms with Crippen LogP contribution in [-0.4, -0.2) is 7.11 Å². The first-order valence-corrected chi connectivity index (χ1v) is 9.19. The zero-order chi connectivity index (χ0) is 18.0. The van der Waals surface area contributed by atoms with Crippen LogP contribution in [0.1, 0.15) is 36.1 Å². The van der Waals surface area contributed by atoms with Gasteiger partial charge in [0.15, 0.2) is 0 Å². The van der Waals surface area contributed by atoms with E-state index in [1.165, 1.54) is 22.3 Å².